The van der Waals surface area contributed by atoms with Crippen LogP contribution in [0.4, 0.5) is 0 Å². The van der Waals surface area contributed by atoms with Crippen LogP contribution >= 0.6 is 0 Å². The third kappa shape index (κ3) is 3.12. The monoisotopic (exact) mass is 284 g/mol. The van der Waals surface area contributed by atoms with Crippen LogP contribution in [0.2, 0.25) is 0 Å². The smallest absolute Gasteiger partial charge is 0.268 e. The van der Waals surface area contributed by atoms with Crippen molar-refractivity contribution in [2.24, 2.45) is 5.92 Å². The molecule has 1 heterocycles. The summed E-state index contributed by atoms with van der Waals surface area (Å²) in [7, 11) is 0. The van der Waals surface area contributed by atoms with Gasteiger partial charge in [-0.3, -0.25) is 4.79 Å². The highest BCUT2D eigenvalue weighted by atomic mass is 16.1. The van der Waals surface area contributed by atoms with E-state index in [1.165, 1.54) is 19.3 Å². The van der Waals surface area contributed by atoms with Crippen LogP contribution in [0.25, 0.3) is 10.9 Å². The Labute approximate surface area is 126 Å². The Hall–Kier alpha value is -1.77. The zero-order valence-electron chi connectivity index (χ0n) is 12.9. The lowest BCUT2D eigenvalue weighted by atomic mass is 10.1. The molecule has 2 N–H and O–H groups in total. The molecule has 3 nitrogen and oxygen atoms in total. The number of hydrogen-bond donors (Lipinski definition) is 2. The number of aromatic amines is 1. The number of H-pyrrole nitrogens is 1. The quantitative estimate of drug-likeness (QED) is 0.821. The minimum atomic E-state index is 0.0337. The molecule has 0 bridgehead atoms. The van der Waals surface area contributed by atoms with E-state index in [-0.39, 0.29) is 5.91 Å². The maximum absolute atomic E-state index is 12.5. The van der Waals surface area contributed by atoms with Gasteiger partial charge in [0.25, 0.3) is 5.91 Å². The minimum Gasteiger partial charge on any atom is -0.350 e. The molecule has 1 aromatic carbocycles. The van der Waals surface area contributed by atoms with Crippen LogP contribution in [-0.4, -0.2) is 16.9 Å². The third-order valence-electron chi connectivity index (χ3n) is 4.64. The summed E-state index contributed by atoms with van der Waals surface area (Å²) < 4.78 is 0. The number of fused-ring (bicyclic) bond motifs is 1. The summed E-state index contributed by atoms with van der Waals surface area (Å²) in [6.07, 6.45) is 6.12. The third-order valence-corrected chi connectivity index (χ3v) is 4.64. The number of carbonyl (C=O) groups is 1. The van der Waals surface area contributed by atoms with E-state index in [9.17, 15) is 4.79 Å². The van der Waals surface area contributed by atoms with Crippen molar-refractivity contribution in [3.63, 3.8) is 0 Å². The van der Waals surface area contributed by atoms with E-state index in [2.05, 4.69) is 23.3 Å². The van der Waals surface area contributed by atoms with E-state index >= 15 is 0 Å². The Morgan fingerprint density at radius 1 is 1.38 bits per heavy atom. The Kier molecular flexibility index (Phi) is 4.00. The molecule has 1 unspecified atom stereocenters. The SMILES string of the molecule is CCC(CCC1CC1)NC(=O)c1[nH]c2ccccc2c1C. The molecule has 1 atom stereocenters. The first kappa shape index (κ1) is 14.2. The number of aromatic nitrogens is 1. The molecule has 0 spiro atoms. The van der Waals surface area contributed by atoms with Gasteiger partial charge in [-0.2, -0.15) is 0 Å². The first-order valence-electron chi connectivity index (χ1n) is 8.07. The Morgan fingerprint density at radius 3 is 2.81 bits per heavy atom. The average molecular weight is 284 g/mol. The molecule has 112 valence electrons. The van der Waals surface area contributed by atoms with Crippen molar-refractivity contribution in [3.05, 3.63) is 35.5 Å². The summed E-state index contributed by atoms with van der Waals surface area (Å²) in [5, 5.41) is 4.33. The van der Waals surface area contributed by atoms with Gasteiger partial charge >= 0.3 is 0 Å². The van der Waals surface area contributed by atoms with Crippen molar-refractivity contribution in [1.82, 2.24) is 10.3 Å². The zero-order chi connectivity index (χ0) is 14.8. The molecule has 0 saturated heterocycles. The van der Waals surface area contributed by atoms with Crippen molar-refractivity contribution in [2.45, 2.75) is 52.0 Å². The van der Waals surface area contributed by atoms with Crippen LogP contribution in [0.5, 0.6) is 0 Å². The topological polar surface area (TPSA) is 44.9 Å². The molecule has 1 fully saturated rings. The van der Waals surface area contributed by atoms with E-state index in [0.29, 0.717) is 11.7 Å². The zero-order valence-corrected chi connectivity index (χ0v) is 12.9. The van der Waals surface area contributed by atoms with E-state index in [4.69, 9.17) is 0 Å². The van der Waals surface area contributed by atoms with Crippen LogP contribution in [0.1, 0.15) is 55.1 Å². The maximum Gasteiger partial charge on any atom is 0.268 e. The summed E-state index contributed by atoms with van der Waals surface area (Å²) in [6, 6.07) is 8.37. The molecule has 1 saturated carbocycles. The number of amides is 1. The standard InChI is InChI=1S/C18H24N2O/c1-3-14(11-10-13-8-9-13)19-18(21)17-12(2)15-6-4-5-7-16(15)20-17/h4-7,13-14,20H,3,8-11H2,1-2H3,(H,19,21). The van der Waals surface area contributed by atoms with Gasteiger partial charge in [0.1, 0.15) is 5.69 Å². The normalized spacial score (nSPS) is 16.1. The van der Waals surface area contributed by atoms with Gasteiger partial charge in [0.05, 0.1) is 0 Å². The Bertz CT molecular complexity index is 640. The van der Waals surface area contributed by atoms with Crippen molar-refractivity contribution < 1.29 is 4.79 Å². The number of hydrogen-bond acceptors (Lipinski definition) is 1. The van der Waals surface area contributed by atoms with Gasteiger partial charge in [0.2, 0.25) is 0 Å². The molecule has 2 aromatic rings. The predicted molar refractivity (Wildman–Crippen MR) is 86.5 cm³/mol. The summed E-state index contributed by atoms with van der Waals surface area (Å²) in [6.45, 7) is 4.16. The first-order chi connectivity index (χ1) is 10.2. The van der Waals surface area contributed by atoms with E-state index in [0.717, 1.165) is 35.2 Å². The molecular weight excluding hydrogens is 260 g/mol. The van der Waals surface area contributed by atoms with Crippen LogP contribution in [0, 0.1) is 12.8 Å². The van der Waals surface area contributed by atoms with Crippen LogP contribution in [0.15, 0.2) is 24.3 Å². The molecule has 0 radical (unpaired) electrons. The van der Waals surface area contributed by atoms with Gasteiger partial charge in [0.15, 0.2) is 0 Å². The fourth-order valence-corrected chi connectivity index (χ4v) is 2.99. The highest BCUT2D eigenvalue weighted by Gasteiger charge is 2.23. The number of para-hydroxylation sites is 1. The second-order valence-corrected chi connectivity index (χ2v) is 6.27. The summed E-state index contributed by atoms with van der Waals surface area (Å²) in [5.41, 5.74) is 2.78. The van der Waals surface area contributed by atoms with E-state index < -0.39 is 0 Å². The molecule has 3 rings (SSSR count). The van der Waals surface area contributed by atoms with Gasteiger partial charge in [-0.25, -0.2) is 0 Å². The minimum absolute atomic E-state index is 0.0337. The number of aryl methyl sites for hydroxylation is 1. The Morgan fingerprint density at radius 2 is 2.14 bits per heavy atom. The number of rotatable bonds is 6. The maximum atomic E-state index is 12.5. The van der Waals surface area contributed by atoms with Crippen molar-refractivity contribution in [2.75, 3.05) is 0 Å². The van der Waals surface area contributed by atoms with Crippen molar-refractivity contribution >= 4 is 16.8 Å². The summed E-state index contributed by atoms with van der Waals surface area (Å²) in [4.78, 5) is 15.8. The molecule has 1 aliphatic rings. The Balaban J connectivity index is 1.71. The lowest BCUT2D eigenvalue weighted by Gasteiger charge is -2.16. The molecular formula is C18H24N2O. The van der Waals surface area contributed by atoms with Gasteiger partial charge in [-0.05, 0) is 43.7 Å². The predicted octanol–water partition coefficient (Wildman–Crippen LogP) is 4.17. The van der Waals surface area contributed by atoms with E-state index in [1.807, 2.05) is 25.1 Å². The fourth-order valence-electron chi connectivity index (χ4n) is 2.99. The van der Waals surface area contributed by atoms with Crippen molar-refractivity contribution in [1.29, 1.82) is 0 Å². The largest absolute Gasteiger partial charge is 0.350 e. The highest BCUT2D eigenvalue weighted by Crippen LogP contribution is 2.34. The molecule has 21 heavy (non-hydrogen) atoms. The second kappa shape index (κ2) is 5.92. The van der Waals surface area contributed by atoms with Crippen LogP contribution in [-0.2, 0) is 0 Å². The van der Waals surface area contributed by atoms with Crippen LogP contribution in [0.3, 0.4) is 0 Å². The molecule has 1 aromatic heterocycles. The van der Waals surface area contributed by atoms with Crippen LogP contribution < -0.4 is 5.32 Å². The van der Waals surface area contributed by atoms with Crippen molar-refractivity contribution in [3.8, 4) is 0 Å². The van der Waals surface area contributed by atoms with Gasteiger partial charge in [-0.1, -0.05) is 38.0 Å². The lowest BCUT2D eigenvalue weighted by Crippen LogP contribution is -2.35. The first-order valence-corrected chi connectivity index (χ1v) is 8.07. The van der Waals surface area contributed by atoms with E-state index in [1.54, 1.807) is 0 Å². The summed E-state index contributed by atoms with van der Waals surface area (Å²) >= 11 is 0. The summed E-state index contributed by atoms with van der Waals surface area (Å²) in [5.74, 6) is 0.956. The molecule has 0 aliphatic heterocycles. The van der Waals surface area contributed by atoms with Gasteiger partial charge in [-0.15, -0.1) is 0 Å². The molecule has 1 aliphatic carbocycles. The number of nitrogens with one attached hydrogen (secondary N) is 2. The molecule has 3 heteroatoms. The second-order valence-electron chi connectivity index (χ2n) is 6.27. The van der Waals surface area contributed by atoms with Gasteiger partial charge in [0, 0.05) is 16.9 Å². The fraction of sp³-hybridized carbons (Fsp3) is 0.500. The van der Waals surface area contributed by atoms with Gasteiger partial charge < -0.3 is 10.3 Å². The molecule has 1 amide bonds. The average Bonchev–Trinajstić information content (AvgIpc) is 3.27. The number of carbonyl (C=O) groups excluding carboxylic acids is 1. The highest BCUT2D eigenvalue weighted by molar-refractivity contribution is 6.00. The lowest BCUT2D eigenvalue weighted by molar-refractivity contribution is 0.0928. The number of benzene rings is 1.